The monoisotopic (exact) mass is 229 g/mol. The summed E-state index contributed by atoms with van der Waals surface area (Å²) in [4.78, 5) is 0. The van der Waals surface area contributed by atoms with Crippen molar-refractivity contribution in [2.24, 2.45) is 5.73 Å². The largest absolute Gasteiger partial charge is 0.462 e. The summed E-state index contributed by atoms with van der Waals surface area (Å²) in [6.07, 6.45) is 2.41. The van der Waals surface area contributed by atoms with Gasteiger partial charge in [-0.3, -0.25) is 0 Å². The van der Waals surface area contributed by atoms with E-state index in [-0.39, 0.29) is 0 Å². The molecule has 2 rings (SSSR count). The van der Waals surface area contributed by atoms with Gasteiger partial charge in [0.2, 0.25) is 0 Å². The van der Waals surface area contributed by atoms with Gasteiger partial charge in [0.1, 0.15) is 0 Å². The highest BCUT2D eigenvalue weighted by Gasteiger charge is 2.11. The first-order valence-corrected chi connectivity index (χ1v) is 5.03. The molecule has 0 amide bonds. The number of fused-ring (bicyclic) bond motifs is 1. The van der Waals surface area contributed by atoms with Crippen LogP contribution >= 0.6 is 23.2 Å². The SMILES string of the molecule is NCCc1coc2c(Cl)ccc(Cl)c12. The van der Waals surface area contributed by atoms with Gasteiger partial charge in [0.25, 0.3) is 0 Å². The fraction of sp³-hybridized carbons (Fsp3) is 0.200. The molecule has 0 unspecified atom stereocenters. The normalized spacial score (nSPS) is 11.1. The van der Waals surface area contributed by atoms with Crippen LogP contribution in [0, 0.1) is 0 Å². The van der Waals surface area contributed by atoms with Crippen LogP contribution in [0.4, 0.5) is 0 Å². The van der Waals surface area contributed by atoms with Crippen molar-refractivity contribution in [3.8, 4) is 0 Å². The second kappa shape index (κ2) is 3.81. The first kappa shape index (κ1) is 9.84. The molecular formula is C10H9Cl2NO. The van der Waals surface area contributed by atoms with Crippen LogP contribution in [0.5, 0.6) is 0 Å². The maximum atomic E-state index is 6.05. The minimum absolute atomic E-state index is 0.567. The Kier molecular flexibility index (Phi) is 2.68. The quantitative estimate of drug-likeness (QED) is 0.859. The van der Waals surface area contributed by atoms with Gasteiger partial charge in [-0.2, -0.15) is 0 Å². The predicted molar refractivity (Wildman–Crippen MR) is 59.0 cm³/mol. The fourth-order valence-electron chi connectivity index (χ4n) is 1.48. The number of benzene rings is 1. The van der Waals surface area contributed by atoms with E-state index in [0.717, 1.165) is 17.4 Å². The van der Waals surface area contributed by atoms with E-state index in [9.17, 15) is 0 Å². The minimum Gasteiger partial charge on any atom is -0.462 e. The lowest BCUT2D eigenvalue weighted by Crippen LogP contribution is -2.01. The molecule has 2 aromatic rings. The lowest BCUT2D eigenvalue weighted by molar-refractivity contribution is 0.610. The molecule has 2 N–H and O–H groups in total. The Morgan fingerprint density at radius 2 is 1.93 bits per heavy atom. The smallest absolute Gasteiger partial charge is 0.154 e. The van der Waals surface area contributed by atoms with Crippen molar-refractivity contribution in [3.63, 3.8) is 0 Å². The summed E-state index contributed by atoms with van der Waals surface area (Å²) in [5.41, 5.74) is 7.13. The van der Waals surface area contributed by atoms with E-state index in [1.54, 1.807) is 18.4 Å². The van der Waals surface area contributed by atoms with E-state index in [2.05, 4.69) is 0 Å². The molecule has 0 spiro atoms. The highest BCUT2D eigenvalue weighted by molar-refractivity contribution is 6.39. The standard InChI is InChI=1S/C10H9Cl2NO/c11-7-1-2-8(12)10-9(7)6(3-4-13)5-14-10/h1-2,5H,3-4,13H2. The molecule has 14 heavy (non-hydrogen) atoms. The van der Waals surface area contributed by atoms with Gasteiger partial charge >= 0.3 is 0 Å². The third-order valence-electron chi connectivity index (χ3n) is 2.11. The van der Waals surface area contributed by atoms with Crippen LogP contribution in [0.25, 0.3) is 11.0 Å². The highest BCUT2D eigenvalue weighted by atomic mass is 35.5. The van der Waals surface area contributed by atoms with Gasteiger partial charge in [-0.1, -0.05) is 23.2 Å². The molecule has 0 bridgehead atoms. The molecule has 0 fully saturated rings. The molecule has 0 saturated heterocycles. The summed E-state index contributed by atoms with van der Waals surface area (Å²) in [6, 6.07) is 3.49. The van der Waals surface area contributed by atoms with Crippen LogP contribution in [-0.4, -0.2) is 6.54 Å². The van der Waals surface area contributed by atoms with Crippen LogP contribution in [0.3, 0.4) is 0 Å². The van der Waals surface area contributed by atoms with Crippen LogP contribution in [0.1, 0.15) is 5.56 Å². The Hall–Kier alpha value is -0.700. The van der Waals surface area contributed by atoms with Crippen LogP contribution < -0.4 is 5.73 Å². The number of halogens is 2. The van der Waals surface area contributed by atoms with E-state index in [0.29, 0.717) is 22.2 Å². The van der Waals surface area contributed by atoms with Crippen LogP contribution in [0.2, 0.25) is 10.0 Å². The fourth-order valence-corrected chi connectivity index (χ4v) is 1.95. The van der Waals surface area contributed by atoms with E-state index in [1.807, 2.05) is 0 Å². The number of hydrogen-bond acceptors (Lipinski definition) is 2. The van der Waals surface area contributed by atoms with Gasteiger partial charge in [0.15, 0.2) is 5.58 Å². The Morgan fingerprint density at radius 3 is 2.64 bits per heavy atom. The Labute approximate surface area is 91.6 Å². The van der Waals surface area contributed by atoms with Crippen molar-refractivity contribution < 1.29 is 4.42 Å². The molecule has 1 heterocycles. The van der Waals surface area contributed by atoms with Crippen LogP contribution in [0.15, 0.2) is 22.8 Å². The van der Waals surface area contributed by atoms with E-state index in [4.69, 9.17) is 33.4 Å². The molecule has 0 aliphatic rings. The maximum Gasteiger partial charge on any atom is 0.154 e. The Bertz CT molecular complexity index is 464. The number of nitrogens with two attached hydrogens (primary N) is 1. The number of furan rings is 1. The molecule has 1 aromatic heterocycles. The van der Waals surface area contributed by atoms with Gasteiger partial charge in [-0.15, -0.1) is 0 Å². The molecule has 0 saturated carbocycles. The lowest BCUT2D eigenvalue weighted by Gasteiger charge is -1.98. The molecular weight excluding hydrogens is 221 g/mol. The van der Waals surface area contributed by atoms with E-state index < -0.39 is 0 Å². The zero-order chi connectivity index (χ0) is 10.1. The van der Waals surface area contributed by atoms with Gasteiger partial charge in [-0.05, 0) is 25.1 Å². The summed E-state index contributed by atoms with van der Waals surface area (Å²) in [7, 11) is 0. The predicted octanol–water partition coefficient (Wildman–Crippen LogP) is 3.24. The molecule has 4 heteroatoms. The zero-order valence-electron chi connectivity index (χ0n) is 7.39. The second-order valence-electron chi connectivity index (χ2n) is 3.03. The minimum atomic E-state index is 0.567. The van der Waals surface area contributed by atoms with Crippen molar-refractivity contribution >= 4 is 34.2 Å². The first-order valence-electron chi connectivity index (χ1n) is 4.28. The third kappa shape index (κ3) is 1.50. The average Bonchev–Trinajstić information content (AvgIpc) is 2.58. The van der Waals surface area contributed by atoms with Crippen molar-refractivity contribution in [1.82, 2.24) is 0 Å². The van der Waals surface area contributed by atoms with Crippen LogP contribution in [-0.2, 0) is 6.42 Å². The highest BCUT2D eigenvalue weighted by Crippen LogP contribution is 2.33. The topological polar surface area (TPSA) is 39.2 Å². The second-order valence-corrected chi connectivity index (χ2v) is 3.85. The van der Waals surface area contributed by atoms with Gasteiger partial charge in [0.05, 0.1) is 16.3 Å². The molecule has 74 valence electrons. The number of hydrogen-bond donors (Lipinski definition) is 1. The molecule has 0 aliphatic carbocycles. The maximum absolute atomic E-state index is 6.05. The van der Waals surface area contributed by atoms with Gasteiger partial charge in [-0.25, -0.2) is 0 Å². The average molecular weight is 230 g/mol. The van der Waals surface area contributed by atoms with Gasteiger partial charge < -0.3 is 10.2 Å². The molecule has 2 nitrogen and oxygen atoms in total. The summed E-state index contributed by atoms with van der Waals surface area (Å²) in [5, 5.41) is 2.11. The first-order chi connectivity index (χ1) is 6.74. The van der Waals surface area contributed by atoms with E-state index >= 15 is 0 Å². The summed E-state index contributed by atoms with van der Waals surface area (Å²) in [5.74, 6) is 0. The van der Waals surface area contributed by atoms with Crippen molar-refractivity contribution in [1.29, 1.82) is 0 Å². The number of rotatable bonds is 2. The molecule has 0 aliphatic heterocycles. The zero-order valence-corrected chi connectivity index (χ0v) is 8.90. The van der Waals surface area contributed by atoms with Crippen molar-refractivity contribution in [2.75, 3.05) is 6.54 Å². The lowest BCUT2D eigenvalue weighted by atomic mass is 10.1. The third-order valence-corrected chi connectivity index (χ3v) is 2.73. The Balaban J connectivity index is 2.70. The molecule has 0 radical (unpaired) electrons. The summed E-state index contributed by atoms with van der Waals surface area (Å²) >= 11 is 12.0. The summed E-state index contributed by atoms with van der Waals surface area (Å²) < 4.78 is 5.34. The van der Waals surface area contributed by atoms with Crippen molar-refractivity contribution in [3.05, 3.63) is 34.0 Å². The summed E-state index contributed by atoms with van der Waals surface area (Å²) in [6.45, 7) is 0.567. The van der Waals surface area contributed by atoms with Crippen molar-refractivity contribution in [2.45, 2.75) is 6.42 Å². The molecule has 1 aromatic carbocycles. The van der Waals surface area contributed by atoms with Gasteiger partial charge in [0, 0.05) is 10.9 Å². The Morgan fingerprint density at radius 1 is 1.21 bits per heavy atom. The van der Waals surface area contributed by atoms with E-state index in [1.165, 1.54) is 0 Å². The molecule has 0 atom stereocenters.